The summed E-state index contributed by atoms with van der Waals surface area (Å²) in [5, 5.41) is 19.0. The second-order valence-corrected chi connectivity index (χ2v) is 4.82. The third-order valence-corrected chi connectivity index (χ3v) is 3.19. The van der Waals surface area contributed by atoms with E-state index < -0.39 is 0 Å². The quantitative estimate of drug-likeness (QED) is 0.807. The first-order valence-electron chi connectivity index (χ1n) is 7.09. The number of unbranched alkanes of at least 4 members (excludes halogenated alkanes) is 2. The van der Waals surface area contributed by atoms with Crippen molar-refractivity contribution < 1.29 is 9.84 Å². The number of aromatic nitrogens is 1. The molecule has 4 nitrogen and oxygen atoms in total. The number of hydrogen-bond acceptors (Lipinski definition) is 4. The lowest BCUT2D eigenvalue weighted by Gasteiger charge is -2.09. The highest BCUT2D eigenvalue weighted by molar-refractivity contribution is 5.46. The molecule has 1 N–H and O–H groups in total. The normalized spacial score (nSPS) is 10.1. The minimum Gasteiger partial charge on any atom is -0.504 e. The maximum atomic E-state index is 10.0. The van der Waals surface area contributed by atoms with E-state index in [1.165, 1.54) is 19.0 Å². The van der Waals surface area contributed by atoms with Crippen molar-refractivity contribution in [2.45, 2.75) is 32.6 Å². The zero-order valence-corrected chi connectivity index (χ0v) is 12.0. The van der Waals surface area contributed by atoms with Crippen molar-refractivity contribution in [2.24, 2.45) is 0 Å². The summed E-state index contributed by atoms with van der Waals surface area (Å²) >= 11 is 0. The smallest absolute Gasteiger partial charge is 0.183 e. The average Bonchev–Trinajstić information content (AvgIpc) is 2.50. The Morgan fingerprint density at radius 3 is 2.81 bits per heavy atom. The highest BCUT2D eigenvalue weighted by Crippen LogP contribution is 2.32. The molecule has 0 saturated carbocycles. The molecule has 0 bridgehead atoms. The molecule has 0 fully saturated rings. The summed E-state index contributed by atoms with van der Waals surface area (Å²) in [6.45, 7) is 2.16. The minimum absolute atomic E-state index is 0.0803. The van der Waals surface area contributed by atoms with Crippen molar-refractivity contribution in [1.29, 1.82) is 5.26 Å². The first-order chi connectivity index (χ1) is 10.2. The molecular weight excluding hydrogens is 264 g/mol. The summed E-state index contributed by atoms with van der Waals surface area (Å²) < 4.78 is 5.58. The van der Waals surface area contributed by atoms with Crippen LogP contribution >= 0.6 is 0 Å². The monoisotopic (exact) mass is 282 g/mol. The summed E-state index contributed by atoms with van der Waals surface area (Å²) in [5.74, 6) is 0.754. The molecular formula is C17H18N2O2. The predicted octanol–water partition coefficient (Wildman–Crippen LogP) is 4.18. The summed E-state index contributed by atoms with van der Waals surface area (Å²) in [4.78, 5) is 3.92. The van der Waals surface area contributed by atoms with Gasteiger partial charge in [-0.05, 0) is 42.7 Å². The SMILES string of the molecule is CCCCCc1ccc(Oc2cccnc2C#N)c(O)c1. The largest absolute Gasteiger partial charge is 0.504 e. The van der Waals surface area contributed by atoms with Gasteiger partial charge >= 0.3 is 0 Å². The minimum atomic E-state index is 0.0803. The van der Waals surface area contributed by atoms with Crippen LogP contribution in [-0.2, 0) is 6.42 Å². The van der Waals surface area contributed by atoms with Crippen LogP contribution in [0.5, 0.6) is 17.2 Å². The Bertz CT molecular complexity index is 647. The molecule has 0 aliphatic rings. The van der Waals surface area contributed by atoms with Crippen molar-refractivity contribution in [3.05, 3.63) is 47.8 Å². The van der Waals surface area contributed by atoms with E-state index in [-0.39, 0.29) is 11.4 Å². The number of aromatic hydroxyl groups is 1. The fourth-order valence-electron chi connectivity index (χ4n) is 2.06. The zero-order valence-electron chi connectivity index (χ0n) is 12.0. The Kier molecular flexibility index (Phi) is 5.16. The number of hydrogen-bond donors (Lipinski definition) is 1. The van der Waals surface area contributed by atoms with E-state index in [2.05, 4.69) is 11.9 Å². The fraction of sp³-hybridized carbons (Fsp3) is 0.294. The number of benzene rings is 1. The molecule has 21 heavy (non-hydrogen) atoms. The summed E-state index contributed by atoms with van der Waals surface area (Å²) in [5.41, 5.74) is 1.28. The first kappa shape index (κ1) is 14.9. The van der Waals surface area contributed by atoms with Crippen molar-refractivity contribution in [2.75, 3.05) is 0 Å². The predicted molar refractivity (Wildman–Crippen MR) is 80.4 cm³/mol. The van der Waals surface area contributed by atoms with Gasteiger partial charge in [-0.25, -0.2) is 4.98 Å². The van der Waals surface area contributed by atoms with Gasteiger partial charge in [0.25, 0.3) is 0 Å². The molecule has 0 spiro atoms. The van der Waals surface area contributed by atoms with Gasteiger partial charge in [-0.1, -0.05) is 25.8 Å². The highest BCUT2D eigenvalue weighted by Gasteiger charge is 2.09. The maximum Gasteiger partial charge on any atom is 0.183 e. The molecule has 2 rings (SSSR count). The van der Waals surface area contributed by atoms with Crippen molar-refractivity contribution in [3.8, 4) is 23.3 Å². The second-order valence-electron chi connectivity index (χ2n) is 4.82. The van der Waals surface area contributed by atoms with Crippen LogP contribution in [0.1, 0.15) is 37.4 Å². The molecule has 0 atom stereocenters. The number of rotatable bonds is 6. The Labute approximate surface area is 124 Å². The average molecular weight is 282 g/mol. The number of phenolic OH excluding ortho intramolecular Hbond substituents is 1. The van der Waals surface area contributed by atoms with Gasteiger partial charge in [0.2, 0.25) is 0 Å². The number of ether oxygens (including phenoxy) is 1. The maximum absolute atomic E-state index is 10.0. The number of phenols is 1. The third kappa shape index (κ3) is 3.96. The molecule has 0 aliphatic carbocycles. The molecule has 0 unspecified atom stereocenters. The standard InChI is InChI=1S/C17H18N2O2/c1-2-3-4-6-13-8-9-17(15(20)11-13)21-16-7-5-10-19-14(16)12-18/h5,7-11,20H,2-4,6H2,1H3. The van der Waals surface area contributed by atoms with Gasteiger partial charge in [-0.3, -0.25) is 0 Å². The van der Waals surface area contributed by atoms with Crippen LogP contribution in [0.15, 0.2) is 36.5 Å². The van der Waals surface area contributed by atoms with Gasteiger partial charge < -0.3 is 9.84 Å². The van der Waals surface area contributed by atoms with E-state index >= 15 is 0 Å². The van der Waals surface area contributed by atoms with Crippen LogP contribution < -0.4 is 4.74 Å². The van der Waals surface area contributed by atoms with Gasteiger partial charge in [-0.15, -0.1) is 0 Å². The van der Waals surface area contributed by atoms with Crippen LogP contribution in [0.2, 0.25) is 0 Å². The molecule has 108 valence electrons. The second kappa shape index (κ2) is 7.30. The summed E-state index contributed by atoms with van der Waals surface area (Å²) in [7, 11) is 0. The molecule has 1 aromatic heterocycles. The summed E-state index contributed by atoms with van der Waals surface area (Å²) in [6, 6.07) is 10.7. The van der Waals surface area contributed by atoms with E-state index in [9.17, 15) is 5.11 Å². The molecule has 0 amide bonds. The molecule has 0 aliphatic heterocycles. The van der Waals surface area contributed by atoms with Gasteiger partial charge in [0, 0.05) is 6.20 Å². The third-order valence-electron chi connectivity index (χ3n) is 3.19. The molecule has 4 heteroatoms. The Morgan fingerprint density at radius 2 is 2.10 bits per heavy atom. The molecule has 0 saturated heterocycles. The van der Waals surface area contributed by atoms with Crippen LogP contribution in [-0.4, -0.2) is 10.1 Å². The van der Waals surface area contributed by atoms with Gasteiger partial charge in [-0.2, -0.15) is 5.26 Å². The van der Waals surface area contributed by atoms with Crippen molar-refractivity contribution >= 4 is 0 Å². The van der Waals surface area contributed by atoms with Gasteiger partial charge in [0.05, 0.1) is 0 Å². The highest BCUT2D eigenvalue weighted by atomic mass is 16.5. The van der Waals surface area contributed by atoms with Crippen LogP contribution in [0.4, 0.5) is 0 Å². The van der Waals surface area contributed by atoms with E-state index in [0.717, 1.165) is 18.4 Å². The topological polar surface area (TPSA) is 66.1 Å². The van der Waals surface area contributed by atoms with Crippen LogP contribution in [0.3, 0.4) is 0 Å². The fourth-order valence-corrected chi connectivity index (χ4v) is 2.06. The van der Waals surface area contributed by atoms with Gasteiger partial charge in [0.1, 0.15) is 6.07 Å². The molecule has 2 aromatic rings. The molecule has 1 aromatic carbocycles. The van der Waals surface area contributed by atoms with Crippen LogP contribution in [0.25, 0.3) is 0 Å². The number of pyridine rings is 1. The number of aryl methyl sites for hydroxylation is 1. The molecule has 0 radical (unpaired) electrons. The lowest BCUT2D eigenvalue weighted by molar-refractivity contribution is 0.409. The number of nitriles is 1. The molecule has 1 heterocycles. The van der Waals surface area contributed by atoms with E-state index in [1.54, 1.807) is 24.3 Å². The van der Waals surface area contributed by atoms with Crippen molar-refractivity contribution in [3.63, 3.8) is 0 Å². The van der Waals surface area contributed by atoms with E-state index in [0.29, 0.717) is 11.5 Å². The Morgan fingerprint density at radius 1 is 1.24 bits per heavy atom. The van der Waals surface area contributed by atoms with Gasteiger partial charge in [0.15, 0.2) is 22.9 Å². The Balaban J connectivity index is 2.12. The first-order valence-corrected chi connectivity index (χ1v) is 7.09. The van der Waals surface area contributed by atoms with E-state index in [4.69, 9.17) is 10.00 Å². The number of nitrogens with zero attached hydrogens (tertiary/aromatic N) is 2. The zero-order chi connectivity index (χ0) is 15.1. The lowest BCUT2D eigenvalue weighted by atomic mass is 10.1. The van der Waals surface area contributed by atoms with Crippen LogP contribution in [0, 0.1) is 11.3 Å². The van der Waals surface area contributed by atoms with E-state index in [1.807, 2.05) is 12.1 Å². The van der Waals surface area contributed by atoms with Crippen molar-refractivity contribution in [1.82, 2.24) is 4.98 Å². The summed E-state index contributed by atoms with van der Waals surface area (Å²) in [6.07, 6.45) is 5.93. The lowest BCUT2D eigenvalue weighted by Crippen LogP contribution is -1.92. The Hall–Kier alpha value is -2.54.